The molecule has 0 N–H and O–H groups in total. The number of rotatable bonds is 8. The third-order valence-electron chi connectivity index (χ3n) is 24.4. The van der Waals surface area contributed by atoms with Gasteiger partial charge in [-0.05, 0) is 302 Å². The van der Waals surface area contributed by atoms with Crippen LogP contribution in [0.2, 0.25) is 0 Å². The third kappa shape index (κ3) is 17.7. The molecule has 0 radical (unpaired) electrons. The summed E-state index contributed by atoms with van der Waals surface area (Å²) < 4.78 is 35.0. The van der Waals surface area contributed by atoms with Gasteiger partial charge < -0.3 is 0 Å². The van der Waals surface area contributed by atoms with Crippen LogP contribution in [-0.2, 0) is 35.2 Å². The van der Waals surface area contributed by atoms with Crippen molar-refractivity contribution < 1.29 is 26.9 Å². The van der Waals surface area contributed by atoms with E-state index in [-0.39, 0.29) is 0 Å². The zero-order chi connectivity index (χ0) is 83.6. The molecular formula is C108H124N5+5. The van der Waals surface area contributed by atoms with Gasteiger partial charge >= 0.3 is 0 Å². The molecule has 0 saturated heterocycles. The molecule has 113 heavy (non-hydrogen) atoms. The summed E-state index contributed by atoms with van der Waals surface area (Å²) in [6.07, 6.45) is 15.2. The van der Waals surface area contributed by atoms with Crippen molar-refractivity contribution in [2.75, 3.05) is 0 Å². The van der Waals surface area contributed by atoms with E-state index >= 15 is 0 Å². The van der Waals surface area contributed by atoms with Gasteiger partial charge in [0, 0.05) is 51.5 Å². The lowest BCUT2D eigenvalue weighted by molar-refractivity contribution is -0.659. The molecule has 1 fully saturated rings. The molecule has 5 heteroatoms. The van der Waals surface area contributed by atoms with E-state index in [1.165, 1.54) is 220 Å². The molecule has 1 aliphatic rings. The highest BCUT2D eigenvalue weighted by atomic mass is 14.9. The lowest BCUT2D eigenvalue weighted by Gasteiger charge is -2.21. The highest BCUT2D eigenvalue weighted by Crippen LogP contribution is 2.39. The van der Waals surface area contributed by atoms with E-state index in [0.29, 0.717) is 23.3 Å². The summed E-state index contributed by atoms with van der Waals surface area (Å²) in [5.74, 6) is 1.76. The van der Waals surface area contributed by atoms with Crippen molar-refractivity contribution in [1.82, 2.24) is 0 Å². The number of nitrogens with zero attached hydrogens (tertiary/aromatic N) is 5. The van der Waals surface area contributed by atoms with Crippen LogP contribution in [0, 0.1) is 111 Å². The van der Waals surface area contributed by atoms with Crippen molar-refractivity contribution in [2.45, 2.75) is 188 Å². The number of hydrogen-bond acceptors (Lipinski definition) is 0. The van der Waals surface area contributed by atoms with Gasteiger partial charge in [0.15, 0.2) is 24.8 Å². The Hall–Kier alpha value is -10.8. The van der Waals surface area contributed by atoms with Crippen LogP contribution in [0.4, 0.5) is 0 Å². The Morgan fingerprint density at radius 1 is 0.301 bits per heavy atom. The average Bonchev–Trinajstić information content (AvgIpc) is 0.776. The Morgan fingerprint density at radius 3 is 1.15 bits per heavy atom. The van der Waals surface area contributed by atoms with Crippen LogP contribution in [0.1, 0.15) is 187 Å². The fraction of sp³-hybridized carbons (Fsp3) is 0.306. The Labute approximate surface area is 681 Å². The third-order valence-corrected chi connectivity index (χ3v) is 24.4. The first-order valence-electron chi connectivity index (χ1n) is 42.6. The first-order valence-corrected chi connectivity index (χ1v) is 41.1. The molecule has 576 valence electrons. The lowest BCUT2D eigenvalue weighted by Crippen LogP contribution is -2.32. The second-order valence-electron chi connectivity index (χ2n) is 33.7. The Balaban J connectivity index is 0.000000134. The quantitative estimate of drug-likeness (QED) is 0.135. The predicted molar refractivity (Wildman–Crippen MR) is 483 cm³/mol. The maximum absolute atomic E-state index is 7.92. The largest absolute Gasteiger partial charge is 0.220 e. The minimum absolute atomic E-state index is 0.448. The van der Waals surface area contributed by atoms with Crippen molar-refractivity contribution >= 4 is 54.0 Å². The van der Waals surface area contributed by atoms with Gasteiger partial charge in [0.25, 0.3) is 0 Å². The molecule has 0 unspecified atom stereocenters. The van der Waals surface area contributed by atoms with Crippen LogP contribution in [0.25, 0.3) is 110 Å². The van der Waals surface area contributed by atoms with E-state index in [0.717, 1.165) is 22.4 Å². The summed E-state index contributed by atoms with van der Waals surface area (Å²) in [5.41, 5.74) is 37.8. The number of aromatic nitrogens is 5. The number of pyridine rings is 5. The number of hydrogen-bond donors (Lipinski definition) is 0. The summed E-state index contributed by atoms with van der Waals surface area (Å²) in [6.45, 7) is 39.4. The van der Waals surface area contributed by atoms with Crippen LogP contribution >= 0.6 is 0 Å². The molecule has 0 spiro atoms. The topological polar surface area (TPSA) is 19.4 Å². The Morgan fingerprint density at radius 2 is 0.673 bits per heavy atom. The van der Waals surface area contributed by atoms with Crippen molar-refractivity contribution in [3.63, 3.8) is 0 Å². The van der Waals surface area contributed by atoms with E-state index in [4.69, 9.17) is 4.11 Å². The van der Waals surface area contributed by atoms with Gasteiger partial charge in [-0.2, -0.15) is 4.57 Å². The van der Waals surface area contributed by atoms with Gasteiger partial charge in [0.2, 0.25) is 34.0 Å². The van der Waals surface area contributed by atoms with Gasteiger partial charge in [-0.1, -0.05) is 171 Å². The zero-order valence-corrected chi connectivity index (χ0v) is 72.3. The fourth-order valence-corrected chi connectivity index (χ4v) is 17.3. The van der Waals surface area contributed by atoms with Gasteiger partial charge in [-0.15, -0.1) is 0 Å². The molecule has 0 bridgehead atoms. The molecule has 0 aliphatic heterocycles. The van der Waals surface area contributed by atoms with Crippen LogP contribution in [0.5, 0.6) is 0 Å². The first-order chi connectivity index (χ1) is 55.1. The normalized spacial score (nSPS) is 12.7. The highest BCUT2D eigenvalue weighted by molar-refractivity contribution is 5.97. The molecule has 0 amide bonds. The average molecular weight is 1500 g/mol. The highest BCUT2D eigenvalue weighted by Gasteiger charge is 2.26. The van der Waals surface area contributed by atoms with E-state index in [1.54, 1.807) is 6.07 Å². The Kier molecular flexibility index (Phi) is 23.8. The van der Waals surface area contributed by atoms with E-state index in [1.807, 2.05) is 13.8 Å². The van der Waals surface area contributed by atoms with Gasteiger partial charge in [-0.25, -0.2) is 18.3 Å². The molecule has 10 aromatic carbocycles. The first kappa shape index (κ1) is 77.6. The minimum Gasteiger partial charge on any atom is -0.200 e. The van der Waals surface area contributed by atoms with Crippen molar-refractivity contribution in [3.8, 4) is 56.3 Å². The second-order valence-corrected chi connectivity index (χ2v) is 33.7. The van der Waals surface area contributed by atoms with Crippen LogP contribution in [0.15, 0.2) is 219 Å². The fourth-order valence-electron chi connectivity index (χ4n) is 17.3. The van der Waals surface area contributed by atoms with E-state index in [2.05, 4.69) is 389 Å². The predicted octanol–water partition coefficient (Wildman–Crippen LogP) is 25.9. The Bertz CT molecular complexity index is 6240. The summed E-state index contributed by atoms with van der Waals surface area (Å²) in [4.78, 5) is 0. The maximum Gasteiger partial charge on any atom is 0.220 e. The summed E-state index contributed by atoms with van der Waals surface area (Å²) in [5, 5.41) is 11.7. The smallest absolute Gasteiger partial charge is 0.200 e. The SMILES string of the molecule is Cc1cc(C)c(C)c(-c2c3cc(C(C)C)ccc3cc[n+]2C)c1.Cc1cc(C)c(C)c(-c2c3cc(C)ccc3cc[n+]2C)c1.Cc1cc(C)c(C)c(-c2c3ccc(C(C)C)cc3cc[n+]2C)c1.Cc1cc(C)c(C)c(-c2c3ccccc3cc[n+]2C)c1.[2H]C([2H])([2H])c1cc(C)cc(-c2ccc3ccc(C4CCCCC4)cc3[n+]2C)c1C. The summed E-state index contributed by atoms with van der Waals surface area (Å²) in [6, 6.07) is 71.2. The van der Waals surface area contributed by atoms with Gasteiger partial charge in [0.1, 0.15) is 35.2 Å². The van der Waals surface area contributed by atoms with Crippen LogP contribution in [0.3, 0.4) is 0 Å². The standard InChI is InChI=1S/C25H30N.2C22H26N.C20H22N.C19H20N/c1-17-14-18(2)19(3)23(15-17)24-13-12-21-10-11-22(16-25(21)26(24)4)20-8-6-5-7-9-20;1-14(2)18-7-8-20-19(13-18)9-10-23(6)22(20)21-12-15(3)11-16(4)17(21)5;1-14(2)19-8-7-18-9-10-23(6)22(21(18)13-19)20-12-15(3)11-16(4)17(20)5;1-13-6-7-17-8-9-21(5)20(19(17)11-13)18-12-14(2)10-15(3)16(18)4;1-13-11-14(2)15(3)18(12-13)19-17-8-6-5-7-16(17)9-10-20(19)4/h10-16,20H,5-9H2,1-4H3;2*7-14H,1-6H3;6-12H,1-5H3;5-12H,1-4H3/q5*+1/i2D3;;;;. The van der Waals surface area contributed by atoms with Crippen molar-refractivity contribution in [3.05, 3.63) is 325 Å². The monoisotopic (exact) mass is 1490 g/mol. The van der Waals surface area contributed by atoms with Crippen molar-refractivity contribution in [2.24, 2.45) is 35.2 Å². The van der Waals surface area contributed by atoms with Crippen molar-refractivity contribution in [1.29, 1.82) is 0 Å². The summed E-state index contributed by atoms with van der Waals surface area (Å²) >= 11 is 0. The molecule has 1 saturated carbocycles. The molecule has 5 nitrogen and oxygen atoms in total. The van der Waals surface area contributed by atoms with Crippen LogP contribution in [-0.4, -0.2) is 0 Å². The molecule has 5 heterocycles. The molecule has 5 aromatic heterocycles. The second kappa shape index (κ2) is 34.7. The number of benzene rings is 10. The molecule has 0 atom stereocenters. The van der Waals surface area contributed by atoms with Gasteiger partial charge in [0.05, 0.1) is 43.8 Å². The number of aryl methyl sites for hydroxylation is 16. The minimum atomic E-state index is -2.10. The van der Waals surface area contributed by atoms with Gasteiger partial charge in [-0.3, -0.25) is 0 Å². The van der Waals surface area contributed by atoms with E-state index < -0.39 is 6.85 Å². The lowest BCUT2D eigenvalue weighted by atomic mass is 9.84. The molecule has 15 aromatic rings. The maximum atomic E-state index is 7.92. The van der Waals surface area contributed by atoms with Crippen LogP contribution < -0.4 is 22.8 Å². The number of fused-ring (bicyclic) bond motifs is 5. The molecule has 16 rings (SSSR count). The zero-order valence-electron chi connectivity index (χ0n) is 75.3. The summed E-state index contributed by atoms with van der Waals surface area (Å²) in [7, 11) is 10.6. The molecule has 1 aliphatic carbocycles. The molecular weight excluding hydrogens is 1370 g/mol. The van der Waals surface area contributed by atoms with E-state index in [9.17, 15) is 0 Å².